The average Bonchev–Trinajstić information content (AvgIpc) is 3.00. The molecular weight excluding hydrogens is 276 g/mol. The Labute approximate surface area is 129 Å². The number of nitrogens with zero attached hydrogens (tertiary/aromatic N) is 1. The summed E-state index contributed by atoms with van der Waals surface area (Å²) in [5.74, 6) is 1.73. The molecule has 0 spiro atoms. The molecule has 0 unspecified atom stereocenters. The average molecular weight is 294 g/mol. The van der Waals surface area contributed by atoms with Crippen molar-refractivity contribution in [2.24, 2.45) is 0 Å². The molecule has 0 saturated carbocycles. The summed E-state index contributed by atoms with van der Waals surface area (Å²) in [6.45, 7) is 1.55. The molecule has 4 rings (SSSR count). The van der Waals surface area contributed by atoms with Gasteiger partial charge in [0.2, 0.25) is 0 Å². The standard InChI is InChI=1S/C18H18N2O2/c1-4-8-17(22-13-9-11-21-12-10-13)14(5-1)18-19-15-6-2-3-7-16(15)20-18/h1-8,13H,9-12H2,(H,19,20). The van der Waals surface area contributed by atoms with Gasteiger partial charge in [0.15, 0.2) is 0 Å². The number of hydrogen-bond donors (Lipinski definition) is 1. The second-order valence-corrected chi connectivity index (χ2v) is 5.53. The highest BCUT2D eigenvalue weighted by atomic mass is 16.5. The van der Waals surface area contributed by atoms with Crippen LogP contribution in [0.25, 0.3) is 22.4 Å². The van der Waals surface area contributed by atoms with Crippen molar-refractivity contribution in [2.75, 3.05) is 13.2 Å². The van der Waals surface area contributed by atoms with Gasteiger partial charge in [0.05, 0.1) is 29.8 Å². The van der Waals surface area contributed by atoms with Crippen LogP contribution in [0.1, 0.15) is 12.8 Å². The molecule has 1 fully saturated rings. The summed E-state index contributed by atoms with van der Waals surface area (Å²) in [5, 5.41) is 0. The van der Waals surface area contributed by atoms with Gasteiger partial charge in [-0.1, -0.05) is 24.3 Å². The minimum atomic E-state index is 0.222. The van der Waals surface area contributed by atoms with Gasteiger partial charge in [0.25, 0.3) is 0 Å². The quantitative estimate of drug-likeness (QED) is 0.799. The molecular formula is C18H18N2O2. The number of aromatic nitrogens is 2. The normalized spacial score (nSPS) is 16.0. The maximum absolute atomic E-state index is 6.20. The summed E-state index contributed by atoms with van der Waals surface area (Å²) in [6, 6.07) is 16.1. The molecule has 0 aliphatic carbocycles. The molecule has 0 bridgehead atoms. The third-order valence-electron chi connectivity index (χ3n) is 3.99. The van der Waals surface area contributed by atoms with Crippen LogP contribution in [0, 0.1) is 0 Å². The van der Waals surface area contributed by atoms with E-state index in [-0.39, 0.29) is 6.10 Å². The predicted octanol–water partition coefficient (Wildman–Crippen LogP) is 3.79. The number of aromatic amines is 1. The first kappa shape index (κ1) is 13.3. The van der Waals surface area contributed by atoms with Crippen molar-refractivity contribution in [1.29, 1.82) is 0 Å². The second kappa shape index (κ2) is 5.81. The van der Waals surface area contributed by atoms with Crippen LogP contribution >= 0.6 is 0 Å². The summed E-state index contributed by atoms with van der Waals surface area (Å²) < 4.78 is 11.6. The van der Waals surface area contributed by atoms with Crippen LogP contribution < -0.4 is 4.74 Å². The number of hydrogen-bond acceptors (Lipinski definition) is 3. The van der Waals surface area contributed by atoms with Crippen molar-refractivity contribution in [3.8, 4) is 17.1 Å². The number of ether oxygens (including phenoxy) is 2. The molecule has 2 aromatic carbocycles. The Hall–Kier alpha value is -2.33. The Morgan fingerprint density at radius 3 is 2.64 bits per heavy atom. The number of benzene rings is 2. The Bertz CT molecular complexity index is 742. The first-order valence-corrected chi connectivity index (χ1v) is 7.69. The molecule has 2 heterocycles. The van der Waals surface area contributed by atoms with Crippen molar-refractivity contribution in [1.82, 2.24) is 9.97 Å². The lowest BCUT2D eigenvalue weighted by atomic mass is 10.1. The fourth-order valence-corrected chi connectivity index (χ4v) is 2.82. The molecule has 1 aliphatic heterocycles. The fourth-order valence-electron chi connectivity index (χ4n) is 2.82. The van der Waals surface area contributed by atoms with E-state index in [0.717, 1.165) is 54.2 Å². The van der Waals surface area contributed by atoms with E-state index >= 15 is 0 Å². The third kappa shape index (κ3) is 2.57. The molecule has 0 radical (unpaired) electrons. The van der Waals surface area contributed by atoms with E-state index in [9.17, 15) is 0 Å². The molecule has 1 aliphatic rings. The first-order valence-electron chi connectivity index (χ1n) is 7.69. The zero-order chi connectivity index (χ0) is 14.8. The van der Waals surface area contributed by atoms with E-state index in [1.807, 2.05) is 48.5 Å². The zero-order valence-electron chi connectivity index (χ0n) is 12.3. The van der Waals surface area contributed by atoms with Crippen molar-refractivity contribution < 1.29 is 9.47 Å². The first-order chi connectivity index (χ1) is 10.9. The fraction of sp³-hybridized carbons (Fsp3) is 0.278. The molecule has 1 aromatic heterocycles. The summed E-state index contributed by atoms with van der Waals surface area (Å²) in [7, 11) is 0. The Kier molecular flexibility index (Phi) is 3.52. The summed E-state index contributed by atoms with van der Waals surface area (Å²) in [4.78, 5) is 8.05. The van der Waals surface area contributed by atoms with E-state index in [1.165, 1.54) is 0 Å². The van der Waals surface area contributed by atoms with Gasteiger partial charge in [-0.3, -0.25) is 0 Å². The number of nitrogens with one attached hydrogen (secondary N) is 1. The Morgan fingerprint density at radius 1 is 1.00 bits per heavy atom. The van der Waals surface area contributed by atoms with Crippen LogP contribution in [-0.4, -0.2) is 29.3 Å². The predicted molar refractivity (Wildman–Crippen MR) is 86.0 cm³/mol. The highest BCUT2D eigenvalue weighted by Crippen LogP contribution is 2.31. The molecule has 112 valence electrons. The van der Waals surface area contributed by atoms with Gasteiger partial charge in [0.1, 0.15) is 17.7 Å². The van der Waals surface area contributed by atoms with Crippen LogP contribution in [0.3, 0.4) is 0 Å². The minimum absolute atomic E-state index is 0.222. The van der Waals surface area contributed by atoms with Gasteiger partial charge in [-0.05, 0) is 24.3 Å². The van der Waals surface area contributed by atoms with Crippen LogP contribution in [0.4, 0.5) is 0 Å². The zero-order valence-corrected chi connectivity index (χ0v) is 12.3. The van der Waals surface area contributed by atoms with Crippen molar-refractivity contribution >= 4 is 11.0 Å². The minimum Gasteiger partial charge on any atom is -0.489 e. The molecule has 0 amide bonds. The van der Waals surface area contributed by atoms with E-state index in [1.54, 1.807) is 0 Å². The van der Waals surface area contributed by atoms with E-state index in [2.05, 4.69) is 9.97 Å². The molecule has 4 nitrogen and oxygen atoms in total. The van der Waals surface area contributed by atoms with Gasteiger partial charge in [0, 0.05) is 12.8 Å². The molecule has 3 aromatic rings. The van der Waals surface area contributed by atoms with Crippen LogP contribution in [-0.2, 0) is 4.74 Å². The highest BCUT2D eigenvalue weighted by molar-refractivity contribution is 5.80. The second-order valence-electron chi connectivity index (χ2n) is 5.53. The molecule has 0 atom stereocenters. The molecule has 4 heteroatoms. The van der Waals surface area contributed by atoms with Gasteiger partial charge in [-0.15, -0.1) is 0 Å². The van der Waals surface area contributed by atoms with Crippen LogP contribution in [0.2, 0.25) is 0 Å². The number of fused-ring (bicyclic) bond motifs is 1. The Morgan fingerprint density at radius 2 is 1.77 bits per heavy atom. The lowest BCUT2D eigenvalue weighted by Gasteiger charge is -2.24. The molecule has 22 heavy (non-hydrogen) atoms. The van der Waals surface area contributed by atoms with Gasteiger partial charge in [-0.25, -0.2) is 4.98 Å². The summed E-state index contributed by atoms with van der Waals surface area (Å²) in [6.07, 6.45) is 2.10. The van der Waals surface area contributed by atoms with Crippen molar-refractivity contribution in [2.45, 2.75) is 18.9 Å². The van der Waals surface area contributed by atoms with Gasteiger partial charge < -0.3 is 14.5 Å². The van der Waals surface area contributed by atoms with Gasteiger partial charge in [-0.2, -0.15) is 0 Å². The number of rotatable bonds is 3. The molecule has 1 saturated heterocycles. The number of H-pyrrole nitrogens is 1. The maximum atomic E-state index is 6.20. The summed E-state index contributed by atoms with van der Waals surface area (Å²) >= 11 is 0. The van der Waals surface area contributed by atoms with Gasteiger partial charge >= 0.3 is 0 Å². The van der Waals surface area contributed by atoms with Crippen LogP contribution in [0.5, 0.6) is 5.75 Å². The molecule has 1 N–H and O–H groups in total. The smallest absolute Gasteiger partial charge is 0.142 e. The number of para-hydroxylation sites is 3. The lowest BCUT2D eigenvalue weighted by Crippen LogP contribution is -2.26. The topological polar surface area (TPSA) is 47.1 Å². The summed E-state index contributed by atoms with van der Waals surface area (Å²) in [5.41, 5.74) is 3.02. The van der Waals surface area contributed by atoms with E-state index in [0.29, 0.717) is 0 Å². The van der Waals surface area contributed by atoms with Crippen LogP contribution in [0.15, 0.2) is 48.5 Å². The van der Waals surface area contributed by atoms with E-state index < -0.39 is 0 Å². The SMILES string of the molecule is c1ccc(-c2nc3ccccc3[nH]2)c(OC2CCOCC2)c1. The van der Waals surface area contributed by atoms with Crippen molar-refractivity contribution in [3.05, 3.63) is 48.5 Å². The highest BCUT2D eigenvalue weighted by Gasteiger charge is 2.18. The maximum Gasteiger partial charge on any atom is 0.142 e. The monoisotopic (exact) mass is 294 g/mol. The van der Waals surface area contributed by atoms with E-state index in [4.69, 9.17) is 9.47 Å². The Balaban J connectivity index is 1.68. The number of imidazole rings is 1. The lowest BCUT2D eigenvalue weighted by molar-refractivity contribution is 0.0258. The van der Waals surface area contributed by atoms with Crippen molar-refractivity contribution in [3.63, 3.8) is 0 Å². The third-order valence-corrected chi connectivity index (χ3v) is 3.99. The largest absolute Gasteiger partial charge is 0.489 e.